The van der Waals surface area contributed by atoms with Crippen LogP contribution in [0.15, 0.2) is 18.2 Å². The number of ether oxygens (including phenoxy) is 1. The molecule has 1 aliphatic rings. The van der Waals surface area contributed by atoms with Crippen LogP contribution in [0, 0.1) is 6.92 Å². The Morgan fingerprint density at radius 2 is 2.15 bits per heavy atom. The van der Waals surface area contributed by atoms with Gasteiger partial charge in [-0.25, -0.2) is 0 Å². The molecular weight excluding hydrogens is 256 g/mol. The van der Waals surface area contributed by atoms with Crippen LogP contribution in [-0.4, -0.2) is 55.3 Å². The zero-order valence-corrected chi connectivity index (χ0v) is 11.9. The van der Waals surface area contributed by atoms with Gasteiger partial charge in [-0.1, -0.05) is 0 Å². The molecule has 5 heteroatoms. The molecule has 1 amide bonds. The molecule has 5 nitrogen and oxygen atoms in total. The fraction of sp³-hybridized carbons (Fsp3) is 0.533. The predicted molar refractivity (Wildman–Crippen MR) is 77.1 cm³/mol. The number of benzene rings is 1. The lowest BCUT2D eigenvalue weighted by molar-refractivity contribution is 0.0374. The Balaban J connectivity index is 1.70. The summed E-state index contributed by atoms with van der Waals surface area (Å²) in [5, 5.41) is 12.3. The Labute approximate surface area is 119 Å². The summed E-state index contributed by atoms with van der Waals surface area (Å²) in [6, 6.07) is 4.89. The number of morpholine rings is 1. The Hall–Kier alpha value is -1.59. The van der Waals surface area contributed by atoms with Gasteiger partial charge in [0.05, 0.1) is 13.2 Å². The highest BCUT2D eigenvalue weighted by atomic mass is 16.5. The van der Waals surface area contributed by atoms with Crippen LogP contribution in [-0.2, 0) is 4.74 Å². The van der Waals surface area contributed by atoms with Gasteiger partial charge in [-0.3, -0.25) is 9.69 Å². The summed E-state index contributed by atoms with van der Waals surface area (Å²) in [5.41, 5.74) is 1.30. The molecule has 2 N–H and O–H groups in total. The number of hydrogen-bond donors (Lipinski definition) is 2. The molecular formula is C15H22N2O3. The third kappa shape index (κ3) is 4.21. The minimum absolute atomic E-state index is 0.0879. The molecule has 2 rings (SSSR count). The summed E-state index contributed by atoms with van der Waals surface area (Å²) in [5.74, 6) is 0.129. The molecule has 0 aliphatic carbocycles. The van der Waals surface area contributed by atoms with Crippen molar-refractivity contribution in [1.29, 1.82) is 0 Å². The number of carbonyl (C=O) groups excluding carboxylic acids is 1. The normalized spacial score (nSPS) is 16.1. The van der Waals surface area contributed by atoms with Crippen molar-refractivity contribution in [2.24, 2.45) is 0 Å². The van der Waals surface area contributed by atoms with E-state index >= 15 is 0 Å². The first-order valence-electron chi connectivity index (χ1n) is 7.05. The van der Waals surface area contributed by atoms with Crippen LogP contribution in [0.1, 0.15) is 22.3 Å². The fourth-order valence-electron chi connectivity index (χ4n) is 2.23. The standard InChI is InChI=1S/C15H22N2O3/c1-12-11-13(3-4-14(12)18)15(19)16-5-2-6-17-7-9-20-10-8-17/h3-4,11,18H,2,5-10H2,1H3,(H,16,19). The number of carbonyl (C=O) groups is 1. The number of amides is 1. The van der Waals surface area contributed by atoms with Gasteiger partial charge >= 0.3 is 0 Å². The first-order valence-corrected chi connectivity index (χ1v) is 7.05. The monoisotopic (exact) mass is 278 g/mol. The van der Waals surface area contributed by atoms with E-state index in [0.717, 1.165) is 39.3 Å². The van der Waals surface area contributed by atoms with E-state index in [1.165, 1.54) is 0 Å². The average Bonchev–Trinajstić information content (AvgIpc) is 2.47. The molecule has 1 fully saturated rings. The Bertz CT molecular complexity index is 456. The lowest BCUT2D eigenvalue weighted by Gasteiger charge is -2.26. The minimum Gasteiger partial charge on any atom is -0.508 e. The van der Waals surface area contributed by atoms with Crippen molar-refractivity contribution in [2.75, 3.05) is 39.4 Å². The van der Waals surface area contributed by atoms with E-state index in [-0.39, 0.29) is 11.7 Å². The molecule has 1 aromatic carbocycles. The van der Waals surface area contributed by atoms with Crippen LogP contribution >= 0.6 is 0 Å². The summed E-state index contributed by atoms with van der Waals surface area (Å²) >= 11 is 0. The van der Waals surface area contributed by atoms with E-state index in [1.54, 1.807) is 25.1 Å². The Morgan fingerprint density at radius 1 is 1.40 bits per heavy atom. The van der Waals surface area contributed by atoms with Gasteiger partial charge in [0.25, 0.3) is 5.91 Å². The molecule has 0 bridgehead atoms. The van der Waals surface area contributed by atoms with Gasteiger partial charge < -0.3 is 15.2 Å². The zero-order valence-electron chi connectivity index (χ0n) is 11.9. The van der Waals surface area contributed by atoms with Gasteiger partial charge in [-0.15, -0.1) is 0 Å². The van der Waals surface area contributed by atoms with E-state index in [1.807, 2.05) is 0 Å². The maximum Gasteiger partial charge on any atom is 0.251 e. The molecule has 1 saturated heterocycles. The van der Waals surface area contributed by atoms with Crippen molar-refractivity contribution in [3.05, 3.63) is 29.3 Å². The van der Waals surface area contributed by atoms with Crippen LogP contribution in [0.2, 0.25) is 0 Å². The molecule has 0 radical (unpaired) electrons. The number of rotatable bonds is 5. The van der Waals surface area contributed by atoms with Gasteiger partial charge in [0, 0.05) is 25.2 Å². The lowest BCUT2D eigenvalue weighted by Crippen LogP contribution is -2.38. The second-order valence-corrected chi connectivity index (χ2v) is 5.06. The molecule has 0 aromatic heterocycles. The Morgan fingerprint density at radius 3 is 2.85 bits per heavy atom. The lowest BCUT2D eigenvalue weighted by atomic mass is 10.1. The van der Waals surface area contributed by atoms with Crippen molar-refractivity contribution in [2.45, 2.75) is 13.3 Å². The maximum absolute atomic E-state index is 11.9. The van der Waals surface area contributed by atoms with Crippen LogP contribution in [0.4, 0.5) is 0 Å². The minimum atomic E-state index is -0.0879. The van der Waals surface area contributed by atoms with E-state index < -0.39 is 0 Å². The SMILES string of the molecule is Cc1cc(C(=O)NCCCN2CCOCC2)ccc1O. The van der Waals surface area contributed by atoms with Crippen LogP contribution in [0.3, 0.4) is 0 Å². The van der Waals surface area contributed by atoms with Gasteiger partial charge in [-0.2, -0.15) is 0 Å². The first-order chi connectivity index (χ1) is 9.66. The number of aryl methyl sites for hydroxylation is 1. The van der Waals surface area contributed by atoms with Crippen LogP contribution in [0.5, 0.6) is 5.75 Å². The number of nitrogens with one attached hydrogen (secondary N) is 1. The third-order valence-electron chi connectivity index (χ3n) is 3.50. The molecule has 1 heterocycles. The zero-order chi connectivity index (χ0) is 14.4. The molecule has 0 unspecified atom stereocenters. The highest BCUT2D eigenvalue weighted by Gasteiger charge is 2.10. The van der Waals surface area contributed by atoms with E-state index in [4.69, 9.17) is 4.74 Å². The van der Waals surface area contributed by atoms with Gasteiger partial charge in [0.1, 0.15) is 5.75 Å². The smallest absolute Gasteiger partial charge is 0.251 e. The van der Waals surface area contributed by atoms with Crippen molar-refractivity contribution >= 4 is 5.91 Å². The largest absolute Gasteiger partial charge is 0.508 e. The number of phenolic OH excluding ortho intramolecular Hbond substituents is 1. The predicted octanol–water partition coefficient (Wildman–Crippen LogP) is 1.15. The highest BCUT2D eigenvalue weighted by Crippen LogP contribution is 2.16. The number of hydrogen-bond acceptors (Lipinski definition) is 4. The topological polar surface area (TPSA) is 61.8 Å². The maximum atomic E-state index is 11.9. The van der Waals surface area contributed by atoms with Crippen molar-refractivity contribution in [3.63, 3.8) is 0 Å². The average molecular weight is 278 g/mol. The number of phenols is 1. The summed E-state index contributed by atoms with van der Waals surface area (Å²) in [7, 11) is 0. The summed E-state index contributed by atoms with van der Waals surface area (Å²) in [6.45, 7) is 6.99. The molecule has 110 valence electrons. The van der Waals surface area contributed by atoms with Gasteiger partial charge in [0.2, 0.25) is 0 Å². The molecule has 1 aromatic rings. The van der Waals surface area contributed by atoms with E-state index in [9.17, 15) is 9.90 Å². The molecule has 20 heavy (non-hydrogen) atoms. The van der Waals surface area contributed by atoms with Gasteiger partial charge in [0.15, 0.2) is 0 Å². The quantitative estimate of drug-likeness (QED) is 0.793. The van der Waals surface area contributed by atoms with E-state index in [2.05, 4.69) is 10.2 Å². The highest BCUT2D eigenvalue weighted by molar-refractivity contribution is 5.94. The first kappa shape index (κ1) is 14.8. The molecule has 0 spiro atoms. The second kappa shape index (κ2) is 7.26. The second-order valence-electron chi connectivity index (χ2n) is 5.06. The third-order valence-corrected chi connectivity index (χ3v) is 3.50. The summed E-state index contributed by atoms with van der Waals surface area (Å²) in [4.78, 5) is 14.3. The molecule has 0 atom stereocenters. The number of aromatic hydroxyl groups is 1. The Kier molecular flexibility index (Phi) is 5.38. The summed E-state index contributed by atoms with van der Waals surface area (Å²) in [6.07, 6.45) is 0.933. The fourth-order valence-corrected chi connectivity index (χ4v) is 2.23. The molecule has 0 saturated carbocycles. The van der Waals surface area contributed by atoms with E-state index in [0.29, 0.717) is 17.7 Å². The number of nitrogens with zero attached hydrogens (tertiary/aromatic N) is 1. The van der Waals surface area contributed by atoms with Crippen molar-refractivity contribution in [3.8, 4) is 5.75 Å². The van der Waals surface area contributed by atoms with Crippen molar-refractivity contribution < 1.29 is 14.6 Å². The van der Waals surface area contributed by atoms with Crippen LogP contribution < -0.4 is 5.32 Å². The van der Waals surface area contributed by atoms with Crippen molar-refractivity contribution in [1.82, 2.24) is 10.2 Å². The van der Waals surface area contributed by atoms with Gasteiger partial charge in [-0.05, 0) is 43.7 Å². The molecule has 1 aliphatic heterocycles. The van der Waals surface area contributed by atoms with Crippen LogP contribution in [0.25, 0.3) is 0 Å². The summed E-state index contributed by atoms with van der Waals surface area (Å²) < 4.78 is 5.29.